The molecular formula is C20H34N4O2S. The van der Waals surface area contributed by atoms with E-state index < -0.39 is 10.0 Å². The van der Waals surface area contributed by atoms with E-state index in [9.17, 15) is 8.42 Å². The molecule has 0 aliphatic heterocycles. The largest absolute Gasteiger partial charge is 0.369 e. The van der Waals surface area contributed by atoms with Crippen LogP contribution in [0.2, 0.25) is 0 Å². The fraction of sp³-hybridized carbons (Fsp3) is 0.400. The van der Waals surface area contributed by atoms with Crippen LogP contribution in [0, 0.1) is 6.92 Å². The van der Waals surface area contributed by atoms with Gasteiger partial charge in [-0.3, -0.25) is 4.98 Å². The second kappa shape index (κ2) is 15.8. The molecule has 27 heavy (non-hydrogen) atoms. The number of nitrogens with one attached hydrogen (secondary N) is 1. The second-order valence-electron chi connectivity index (χ2n) is 4.44. The van der Waals surface area contributed by atoms with Gasteiger partial charge in [0, 0.05) is 6.20 Å². The fourth-order valence-corrected chi connectivity index (χ4v) is 2.56. The van der Waals surface area contributed by atoms with Crippen molar-refractivity contribution in [2.45, 2.75) is 59.9 Å². The Hall–Kier alpha value is -2.41. The van der Waals surface area contributed by atoms with Gasteiger partial charge in [0.1, 0.15) is 0 Å². The van der Waals surface area contributed by atoms with Crippen LogP contribution in [-0.4, -0.2) is 19.4 Å². The van der Waals surface area contributed by atoms with Crippen LogP contribution >= 0.6 is 0 Å². The molecule has 1 aromatic carbocycles. The van der Waals surface area contributed by atoms with Gasteiger partial charge in [-0.1, -0.05) is 65.3 Å². The highest BCUT2D eigenvalue weighted by molar-refractivity contribution is 7.90. The maximum Gasteiger partial charge on any atom is 0.264 e. The molecule has 0 saturated carbocycles. The van der Waals surface area contributed by atoms with Crippen molar-refractivity contribution in [1.29, 1.82) is 0 Å². The number of nitrogens with two attached hydrogens (primary N) is 1. The predicted molar refractivity (Wildman–Crippen MR) is 115 cm³/mol. The molecule has 2 aromatic rings. The zero-order chi connectivity index (χ0) is 21.3. The van der Waals surface area contributed by atoms with Crippen molar-refractivity contribution < 1.29 is 8.42 Å². The summed E-state index contributed by atoms with van der Waals surface area (Å²) >= 11 is 0. The molecule has 0 unspecified atom stereocenters. The highest BCUT2D eigenvalue weighted by atomic mass is 32.2. The molecule has 0 amide bonds. The number of guanidine groups is 1. The third-order valence-corrected chi connectivity index (χ3v) is 4.08. The van der Waals surface area contributed by atoms with E-state index in [2.05, 4.69) is 14.7 Å². The summed E-state index contributed by atoms with van der Waals surface area (Å²) in [6, 6.07) is 11.9. The normalized spacial score (nSPS) is 10.1. The van der Waals surface area contributed by atoms with Crippen molar-refractivity contribution in [2.75, 3.05) is 0 Å². The zero-order valence-corrected chi connectivity index (χ0v) is 18.3. The average Bonchev–Trinajstić information content (AvgIpc) is 2.72. The quantitative estimate of drug-likeness (QED) is 0.598. The lowest BCUT2D eigenvalue weighted by molar-refractivity contribution is 0.592. The van der Waals surface area contributed by atoms with Gasteiger partial charge in [0.2, 0.25) is 5.96 Å². The van der Waals surface area contributed by atoms with Gasteiger partial charge in [-0.15, -0.1) is 0 Å². The van der Waals surface area contributed by atoms with Gasteiger partial charge in [0.15, 0.2) is 0 Å². The lowest BCUT2D eigenvalue weighted by Crippen LogP contribution is -2.36. The standard InChI is InChI=1S/C14H16N4O2S.3C2H6/c1-11-5-7-13(8-6-11)21(19,20)18-14(15)17-10-12-4-2-3-9-16-12;3*1-2/h2-9H,10H2,1H3,(H3,15,17,18);3*1-2H3. The smallest absolute Gasteiger partial charge is 0.264 e. The Bertz CT molecular complexity index is 728. The van der Waals surface area contributed by atoms with Crippen LogP contribution in [0.3, 0.4) is 0 Å². The lowest BCUT2D eigenvalue weighted by Gasteiger charge is -2.07. The molecule has 152 valence electrons. The summed E-state index contributed by atoms with van der Waals surface area (Å²) in [4.78, 5) is 8.18. The molecule has 0 radical (unpaired) electrons. The van der Waals surface area contributed by atoms with Gasteiger partial charge in [-0.2, -0.15) is 0 Å². The van der Waals surface area contributed by atoms with Crippen molar-refractivity contribution in [3.8, 4) is 0 Å². The van der Waals surface area contributed by atoms with Gasteiger partial charge in [0.25, 0.3) is 10.0 Å². The Kier molecular flexibility index (Phi) is 15.7. The maximum absolute atomic E-state index is 12.1. The summed E-state index contributed by atoms with van der Waals surface area (Å²) in [5, 5.41) is 0. The fourth-order valence-electron chi connectivity index (χ4n) is 1.60. The minimum atomic E-state index is -3.71. The number of benzene rings is 1. The topological polar surface area (TPSA) is 97.4 Å². The number of pyridine rings is 1. The van der Waals surface area contributed by atoms with Crippen LogP contribution in [0.15, 0.2) is 58.5 Å². The average molecular weight is 395 g/mol. The number of aromatic nitrogens is 1. The molecule has 0 spiro atoms. The Morgan fingerprint density at radius 1 is 1.00 bits per heavy atom. The monoisotopic (exact) mass is 394 g/mol. The summed E-state index contributed by atoms with van der Waals surface area (Å²) in [5.41, 5.74) is 7.29. The summed E-state index contributed by atoms with van der Waals surface area (Å²) in [6.45, 7) is 14.1. The molecule has 0 fully saturated rings. The van der Waals surface area contributed by atoms with E-state index in [1.807, 2.05) is 54.5 Å². The van der Waals surface area contributed by atoms with Crippen molar-refractivity contribution in [2.24, 2.45) is 10.7 Å². The number of sulfonamides is 1. The predicted octanol–water partition coefficient (Wildman–Crippen LogP) is 4.26. The Labute approximate surface area is 165 Å². The number of aliphatic imine (C=N–C) groups is 1. The Morgan fingerprint density at radius 3 is 2.04 bits per heavy atom. The SMILES string of the molecule is CC.CC.CC.Cc1ccc(S(=O)(=O)NC(N)=NCc2ccccn2)cc1. The first-order chi connectivity index (χ1) is 13.0. The van der Waals surface area contributed by atoms with E-state index in [1.54, 1.807) is 30.5 Å². The molecule has 1 heterocycles. The molecule has 0 bridgehead atoms. The number of hydrogen-bond acceptors (Lipinski definition) is 4. The number of hydrogen-bond donors (Lipinski definition) is 2. The van der Waals surface area contributed by atoms with E-state index >= 15 is 0 Å². The van der Waals surface area contributed by atoms with Crippen molar-refractivity contribution >= 4 is 16.0 Å². The first-order valence-corrected chi connectivity index (χ1v) is 10.7. The number of rotatable bonds is 4. The Balaban J connectivity index is 0. The third kappa shape index (κ3) is 11.0. The molecule has 1 aromatic heterocycles. The number of nitrogens with zero attached hydrogens (tertiary/aromatic N) is 2. The summed E-state index contributed by atoms with van der Waals surface area (Å²) in [5.74, 6) is -0.166. The molecule has 7 heteroatoms. The van der Waals surface area contributed by atoms with Crippen LogP contribution in [0.4, 0.5) is 0 Å². The van der Waals surface area contributed by atoms with E-state index in [-0.39, 0.29) is 17.4 Å². The van der Waals surface area contributed by atoms with Crippen LogP contribution in [0.1, 0.15) is 52.8 Å². The van der Waals surface area contributed by atoms with Gasteiger partial charge in [-0.05, 0) is 31.2 Å². The van der Waals surface area contributed by atoms with E-state index in [0.29, 0.717) is 5.69 Å². The van der Waals surface area contributed by atoms with Crippen molar-refractivity contribution in [3.05, 3.63) is 59.9 Å². The molecule has 0 atom stereocenters. The Morgan fingerprint density at radius 2 is 1.56 bits per heavy atom. The van der Waals surface area contributed by atoms with Crippen molar-refractivity contribution in [3.63, 3.8) is 0 Å². The molecule has 6 nitrogen and oxygen atoms in total. The van der Waals surface area contributed by atoms with Gasteiger partial charge < -0.3 is 5.73 Å². The van der Waals surface area contributed by atoms with E-state index in [1.165, 1.54) is 12.1 Å². The van der Waals surface area contributed by atoms with Gasteiger partial charge in [-0.25, -0.2) is 18.1 Å². The summed E-state index contributed by atoms with van der Waals surface area (Å²) in [6.07, 6.45) is 1.64. The molecule has 0 aliphatic carbocycles. The van der Waals surface area contributed by atoms with Crippen LogP contribution < -0.4 is 10.5 Å². The summed E-state index contributed by atoms with van der Waals surface area (Å²) in [7, 11) is -3.71. The molecule has 3 N–H and O–H groups in total. The first-order valence-electron chi connectivity index (χ1n) is 9.27. The maximum atomic E-state index is 12.1. The van der Waals surface area contributed by atoms with Gasteiger partial charge in [0.05, 0.1) is 17.1 Å². The molecule has 2 rings (SSSR count). The third-order valence-electron chi connectivity index (χ3n) is 2.71. The van der Waals surface area contributed by atoms with Crippen LogP contribution in [-0.2, 0) is 16.6 Å². The zero-order valence-electron chi connectivity index (χ0n) is 17.5. The van der Waals surface area contributed by atoms with Crippen LogP contribution in [0.5, 0.6) is 0 Å². The summed E-state index contributed by atoms with van der Waals surface area (Å²) < 4.78 is 26.4. The van der Waals surface area contributed by atoms with Crippen LogP contribution in [0.25, 0.3) is 0 Å². The van der Waals surface area contributed by atoms with Gasteiger partial charge >= 0.3 is 0 Å². The molecular weight excluding hydrogens is 360 g/mol. The van der Waals surface area contributed by atoms with E-state index in [0.717, 1.165) is 5.56 Å². The highest BCUT2D eigenvalue weighted by Gasteiger charge is 2.14. The molecule has 0 saturated heterocycles. The first kappa shape index (κ1) is 26.8. The molecule has 0 aliphatic rings. The highest BCUT2D eigenvalue weighted by Crippen LogP contribution is 2.09. The van der Waals surface area contributed by atoms with E-state index in [4.69, 9.17) is 5.73 Å². The lowest BCUT2D eigenvalue weighted by atomic mass is 10.2. The van der Waals surface area contributed by atoms with Crippen molar-refractivity contribution in [1.82, 2.24) is 9.71 Å². The number of aryl methyl sites for hydroxylation is 1. The second-order valence-corrected chi connectivity index (χ2v) is 6.12. The minimum Gasteiger partial charge on any atom is -0.369 e. The minimum absolute atomic E-state index is 0.143.